The Morgan fingerprint density at radius 3 is 2.38 bits per heavy atom. The Kier molecular flexibility index (Phi) is 4.53. The summed E-state index contributed by atoms with van der Waals surface area (Å²) >= 11 is 0. The first kappa shape index (κ1) is 16.9. The van der Waals surface area contributed by atoms with E-state index in [2.05, 4.69) is 5.32 Å². The number of likely N-dealkylation sites (tertiary alicyclic amines) is 1. The van der Waals surface area contributed by atoms with Crippen molar-refractivity contribution in [2.24, 2.45) is 5.92 Å². The van der Waals surface area contributed by atoms with Crippen molar-refractivity contribution in [2.45, 2.75) is 38.6 Å². The minimum absolute atomic E-state index is 0.0367. The van der Waals surface area contributed by atoms with Crippen LogP contribution in [0.3, 0.4) is 0 Å². The predicted octanol–water partition coefficient (Wildman–Crippen LogP) is 2.92. The van der Waals surface area contributed by atoms with Crippen molar-refractivity contribution in [3.63, 3.8) is 0 Å². The summed E-state index contributed by atoms with van der Waals surface area (Å²) in [5.74, 6) is 0.552. The third-order valence-electron chi connectivity index (χ3n) is 5.42. The maximum Gasteiger partial charge on any atom is 0.251 e. The number of carbonyl (C=O) groups is 2. The largest absolute Gasteiger partial charge is 0.349 e. The number of nitrogens with one attached hydrogen (secondary N) is 1. The van der Waals surface area contributed by atoms with E-state index in [1.54, 1.807) is 0 Å². The number of benzene rings is 1. The molecule has 2 fully saturated rings. The van der Waals surface area contributed by atoms with Crippen molar-refractivity contribution < 1.29 is 9.59 Å². The summed E-state index contributed by atoms with van der Waals surface area (Å²) in [6.45, 7) is 3.55. The molecule has 2 amide bonds. The number of amides is 2. The fraction of sp³-hybridized carbons (Fsp3) is 0.429. The third-order valence-corrected chi connectivity index (χ3v) is 5.42. The van der Waals surface area contributed by atoms with Crippen LogP contribution >= 0.6 is 0 Å². The van der Waals surface area contributed by atoms with Gasteiger partial charge in [0.2, 0.25) is 5.91 Å². The molecule has 1 aromatic carbocycles. The van der Waals surface area contributed by atoms with Gasteiger partial charge in [0.15, 0.2) is 0 Å². The van der Waals surface area contributed by atoms with Crippen molar-refractivity contribution in [3.8, 4) is 5.69 Å². The van der Waals surface area contributed by atoms with Gasteiger partial charge < -0.3 is 14.8 Å². The molecular weight excluding hydrogens is 326 g/mol. The van der Waals surface area contributed by atoms with Gasteiger partial charge in [-0.3, -0.25) is 9.59 Å². The second-order valence-corrected chi connectivity index (χ2v) is 7.44. The molecule has 136 valence electrons. The van der Waals surface area contributed by atoms with Crippen LogP contribution in [0.25, 0.3) is 5.69 Å². The predicted molar refractivity (Wildman–Crippen MR) is 100 cm³/mol. The van der Waals surface area contributed by atoms with Crippen LogP contribution in [0.2, 0.25) is 0 Å². The number of nitrogens with zero attached hydrogens (tertiary/aromatic N) is 2. The van der Waals surface area contributed by atoms with E-state index in [4.69, 9.17) is 0 Å². The minimum Gasteiger partial charge on any atom is -0.349 e. The highest BCUT2D eigenvalue weighted by Crippen LogP contribution is 2.31. The van der Waals surface area contributed by atoms with Gasteiger partial charge in [-0.05, 0) is 62.4 Å². The Labute approximate surface area is 154 Å². The van der Waals surface area contributed by atoms with Crippen molar-refractivity contribution in [3.05, 3.63) is 53.9 Å². The Morgan fingerprint density at radius 1 is 1.04 bits per heavy atom. The van der Waals surface area contributed by atoms with Gasteiger partial charge in [0.25, 0.3) is 5.91 Å². The van der Waals surface area contributed by atoms with E-state index < -0.39 is 0 Å². The minimum atomic E-state index is -0.0367. The summed E-state index contributed by atoms with van der Waals surface area (Å²) in [6.07, 6.45) is 7.73. The van der Waals surface area contributed by atoms with Gasteiger partial charge in [0.05, 0.1) is 0 Å². The molecule has 26 heavy (non-hydrogen) atoms. The summed E-state index contributed by atoms with van der Waals surface area (Å²) in [5.41, 5.74) is 2.83. The summed E-state index contributed by atoms with van der Waals surface area (Å²) < 4.78 is 2.02. The number of hydrogen-bond acceptors (Lipinski definition) is 2. The first-order chi connectivity index (χ1) is 12.6. The maximum absolute atomic E-state index is 12.7. The molecule has 0 spiro atoms. The maximum atomic E-state index is 12.7. The highest BCUT2D eigenvalue weighted by molar-refractivity contribution is 5.95. The Hall–Kier alpha value is -2.56. The zero-order valence-electron chi connectivity index (χ0n) is 15.1. The van der Waals surface area contributed by atoms with Crippen molar-refractivity contribution >= 4 is 11.8 Å². The van der Waals surface area contributed by atoms with E-state index in [1.165, 1.54) is 0 Å². The van der Waals surface area contributed by atoms with Crippen LogP contribution in [-0.2, 0) is 4.79 Å². The van der Waals surface area contributed by atoms with E-state index in [-0.39, 0.29) is 17.9 Å². The lowest BCUT2D eigenvalue weighted by atomic mass is 10.0. The highest BCUT2D eigenvalue weighted by atomic mass is 16.2. The van der Waals surface area contributed by atoms with Gasteiger partial charge in [-0.1, -0.05) is 6.07 Å². The molecule has 1 N–H and O–H groups in total. The normalized spacial score (nSPS) is 18.0. The van der Waals surface area contributed by atoms with Crippen LogP contribution in [0, 0.1) is 12.8 Å². The molecular formula is C21H25N3O2. The molecule has 5 nitrogen and oxygen atoms in total. The van der Waals surface area contributed by atoms with Crippen LogP contribution in [0.4, 0.5) is 0 Å². The molecule has 4 rings (SSSR count). The van der Waals surface area contributed by atoms with Gasteiger partial charge in [0.1, 0.15) is 0 Å². The van der Waals surface area contributed by atoms with E-state index in [0.29, 0.717) is 11.5 Å². The van der Waals surface area contributed by atoms with Crippen molar-refractivity contribution in [1.82, 2.24) is 14.8 Å². The first-order valence-corrected chi connectivity index (χ1v) is 9.45. The SMILES string of the molecule is Cc1ccc(C(=O)NC2CCN(C(=O)C3CC3)CC2)cc1-n1cccc1. The topological polar surface area (TPSA) is 54.3 Å². The molecule has 1 saturated carbocycles. The van der Waals surface area contributed by atoms with Gasteiger partial charge in [0, 0.05) is 48.7 Å². The van der Waals surface area contributed by atoms with Gasteiger partial charge >= 0.3 is 0 Å². The number of hydrogen-bond donors (Lipinski definition) is 1. The smallest absolute Gasteiger partial charge is 0.251 e. The molecule has 5 heteroatoms. The molecule has 0 unspecified atom stereocenters. The van der Waals surface area contributed by atoms with Crippen LogP contribution in [0.5, 0.6) is 0 Å². The van der Waals surface area contributed by atoms with E-state index >= 15 is 0 Å². The fourth-order valence-electron chi connectivity index (χ4n) is 3.63. The molecule has 2 aliphatic rings. The van der Waals surface area contributed by atoms with Crippen LogP contribution in [0.15, 0.2) is 42.7 Å². The highest BCUT2D eigenvalue weighted by Gasteiger charge is 2.35. The lowest BCUT2D eigenvalue weighted by Crippen LogP contribution is -2.47. The molecule has 1 saturated heterocycles. The summed E-state index contributed by atoms with van der Waals surface area (Å²) in [4.78, 5) is 26.8. The number of carbonyl (C=O) groups excluding carboxylic acids is 2. The zero-order valence-corrected chi connectivity index (χ0v) is 15.1. The van der Waals surface area contributed by atoms with Gasteiger partial charge in [-0.2, -0.15) is 0 Å². The van der Waals surface area contributed by atoms with Gasteiger partial charge in [-0.25, -0.2) is 0 Å². The van der Waals surface area contributed by atoms with Crippen LogP contribution in [-0.4, -0.2) is 40.4 Å². The fourth-order valence-corrected chi connectivity index (χ4v) is 3.63. The Bertz CT molecular complexity index is 801. The van der Waals surface area contributed by atoms with Crippen LogP contribution in [0.1, 0.15) is 41.6 Å². The van der Waals surface area contributed by atoms with Crippen LogP contribution < -0.4 is 5.32 Å². The summed E-state index contributed by atoms with van der Waals surface area (Å²) in [6, 6.07) is 9.90. The zero-order chi connectivity index (χ0) is 18.1. The lowest BCUT2D eigenvalue weighted by molar-refractivity contribution is -0.133. The second-order valence-electron chi connectivity index (χ2n) is 7.44. The average molecular weight is 351 g/mol. The molecule has 0 radical (unpaired) electrons. The third kappa shape index (κ3) is 3.52. The standard InChI is InChI=1S/C21H25N3O2/c1-15-4-5-17(14-19(15)23-10-2-3-11-23)20(25)22-18-8-12-24(13-9-18)21(26)16-6-7-16/h2-5,10-11,14,16,18H,6-9,12-13H2,1H3,(H,22,25). The molecule has 0 bridgehead atoms. The molecule has 2 heterocycles. The first-order valence-electron chi connectivity index (χ1n) is 9.45. The Morgan fingerprint density at radius 2 is 1.73 bits per heavy atom. The average Bonchev–Trinajstić information content (AvgIpc) is 3.37. The molecule has 0 atom stereocenters. The number of aryl methyl sites for hydroxylation is 1. The molecule has 1 aromatic heterocycles. The summed E-state index contributed by atoms with van der Waals surface area (Å²) in [7, 11) is 0. The summed E-state index contributed by atoms with van der Waals surface area (Å²) in [5, 5.41) is 3.15. The second kappa shape index (κ2) is 6.98. The number of aromatic nitrogens is 1. The number of piperidine rings is 1. The van der Waals surface area contributed by atoms with Crippen molar-refractivity contribution in [1.29, 1.82) is 0 Å². The lowest BCUT2D eigenvalue weighted by Gasteiger charge is -2.32. The monoisotopic (exact) mass is 351 g/mol. The van der Waals surface area contributed by atoms with E-state index in [1.807, 2.05) is 59.1 Å². The Balaban J connectivity index is 1.38. The number of rotatable bonds is 4. The van der Waals surface area contributed by atoms with E-state index in [9.17, 15) is 9.59 Å². The quantitative estimate of drug-likeness (QED) is 0.921. The molecule has 1 aliphatic heterocycles. The molecule has 2 aromatic rings. The molecule has 1 aliphatic carbocycles. The van der Waals surface area contributed by atoms with E-state index in [0.717, 1.165) is 50.0 Å². The van der Waals surface area contributed by atoms with Gasteiger partial charge in [-0.15, -0.1) is 0 Å². The van der Waals surface area contributed by atoms with Crippen molar-refractivity contribution in [2.75, 3.05) is 13.1 Å².